The van der Waals surface area contributed by atoms with E-state index < -0.39 is 28.8 Å². The van der Waals surface area contributed by atoms with Gasteiger partial charge < -0.3 is 10.4 Å². The lowest BCUT2D eigenvalue weighted by Gasteiger charge is -2.15. The molecule has 8 nitrogen and oxygen atoms in total. The Bertz CT molecular complexity index is 815. The van der Waals surface area contributed by atoms with E-state index in [0.29, 0.717) is 5.69 Å². The lowest BCUT2D eigenvalue weighted by atomic mass is 10.1. The minimum Gasteiger partial charge on any atom is -0.446 e. The zero-order valence-electron chi connectivity index (χ0n) is 11.8. The quantitative estimate of drug-likeness (QED) is 0.450. The van der Waals surface area contributed by atoms with Crippen molar-refractivity contribution in [2.45, 2.75) is 12.5 Å². The van der Waals surface area contributed by atoms with Gasteiger partial charge in [0.15, 0.2) is 6.04 Å². The predicted molar refractivity (Wildman–Crippen MR) is 77.1 cm³/mol. The first-order chi connectivity index (χ1) is 10.9. The molecule has 2 aromatic rings. The first kappa shape index (κ1) is 14.9. The molecule has 1 heterocycles. The van der Waals surface area contributed by atoms with Gasteiger partial charge in [0, 0.05) is 11.1 Å². The first-order valence-electron chi connectivity index (χ1n) is 6.78. The van der Waals surface area contributed by atoms with Crippen LogP contribution >= 0.6 is 0 Å². The number of nitrogens with zero attached hydrogens (tertiary/aromatic N) is 1. The van der Waals surface area contributed by atoms with Gasteiger partial charge in [-0.2, -0.15) is 14.8 Å². The van der Waals surface area contributed by atoms with E-state index in [9.17, 15) is 19.6 Å². The number of fused-ring (bicyclic) bond motifs is 1. The second kappa shape index (κ2) is 5.34. The minimum atomic E-state index is -2.20. The molecule has 2 aromatic carbocycles. The Morgan fingerprint density at radius 1 is 1.17 bits per heavy atom. The van der Waals surface area contributed by atoms with Crippen LogP contribution in [0.4, 0.5) is 10.5 Å². The Morgan fingerprint density at radius 3 is 2.61 bits per heavy atom. The SMILES string of the molecule is O=C(O)O[N+]1(O)C(=O)CC(Nc2cccc3ccccc23)C1=O. The first-order valence-corrected chi connectivity index (χ1v) is 6.78. The van der Waals surface area contributed by atoms with E-state index in [1.165, 1.54) is 0 Å². The number of imide groups is 1. The third-order valence-corrected chi connectivity index (χ3v) is 3.64. The summed E-state index contributed by atoms with van der Waals surface area (Å²) in [6.45, 7) is 0. The van der Waals surface area contributed by atoms with Gasteiger partial charge in [-0.3, -0.25) is 0 Å². The maximum Gasteiger partial charge on any atom is 0.561 e. The van der Waals surface area contributed by atoms with Crippen molar-refractivity contribution in [2.24, 2.45) is 0 Å². The monoisotopic (exact) mass is 317 g/mol. The molecule has 2 unspecified atom stereocenters. The molecule has 118 valence electrons. The van der Waals surface area contributed by atoms with Gasteiger partial charge in [-0.15, -0.1) is 0 Å². The Labute approximate surface area is 130 Å². The molecule has 2 atom stereocenters. The summed E-state index contributed by atoms with van der Waals surface area (Å²) >= 11 is 0. The number of carbonyl (C=O) groups is 3. The number of hydrogen-bond donors (Lipinski definition) is 3. The number of hydrogen-bond acceptors (Lipinski definition) is 6. The average molecular weight is 317 g/mol. The van der Waals surface area contributed by atoms with E-state index in [0.717, 1.165) is 10.8 Å². The van der Waals surface area contributed by atoms with Gasteiger partial charge in [0.1, 0.15) is 11.2 Å². The summed E-state index contributed by atoms with van der Waals surface area (Å²) in [7, 11) is 0. The van der Waals surface area contributed by atoms with Gasteiger partial charge in [-0.25, -0.2) is 9.59 Å². The third kappa shape index (κ3) is 2.50. The highest BCUT2D eigenvalue weighted by Gasteiger charge is 2.61. The van der Waals surface area contributed by atoms with Crippen LogP contribution in [0.15, 0.2) is 42.5 Å². The van der Waals surface area contributed by atoms with Crippen LogP contribution in [-0.2, 0) is 14.4 Å². The number of quaternary nitrogens is 1. The molecule has 23 heavy (non-hydrogen) atoms. The lowest BCUT2D eigenvalue weighted by Crippen LogP contribution is -2.52. The molecule has 1 saturated heterocycles. The summed E-state index contributed by atoms with van der Waals surface area (Å²) in [6, 6.07) is 11.7. The zero-order valence-corrected chi connectivity index (χ0v) is 11.8. The van der Waals surface area contributed by atoms with E-state index >= 15 is 0 Å². The number of amides is 2. The molecular weight excluding hydrogens is 304 g/mol. The fourth-order valence-corrected chi connectivity index (χ4v) is 2.58. The minimum absolute atomic E-state index is 0.383. The highest BCUT2D eigenvalue weighted by molar-refractivity contribution is 6.00. The molecule has 0 spiro atoms. The zero-order chi connectivity index (χ0) is 16.6. The summed E-state index contributed by atoms with van der Waals surface area (Å²) in [5.74, 6) is -2.12. The van der Waals surface area contributed by atoms with Crippen molar-refractivity contribution in [1.82, 2.24) is 0 Å². The number of anilines is 1. The summed E-state index contributed by atoms with van der Waals surface area (Å²) in [5.41, 5.74) is 0.595. The number of nitrogens with one attached hydrogen (secondary N) is 1. The van der Waals surface area contributed by atoms with Crippen LogP contribution in [0.1, 0.15) is 6.42 Å². The van der Waals surface area contributed by atoms with Crippen LogP contribution in [0.2, 0.25) is 0 Å². The fraction of sp³-hybridized carbons (Fsp3) is 0.133. The van der Waals surface area contributed by atoms with Gasteiger partial charge in [0.25, 0.3) is 0 Å². The molecule has 1 aliphatic rings. The van der Waals surface area contributed by atoms with Gasteiger partial charge in [0.05, 0.1) is 0 Å². The average Bonchev–Trinajstić information content (AvgIpc) is 2.71. The van der Waals surface area contributed by atoms with Crippen molar-refractivity contribution in [2.75, 3.05) is 5.32 Å². The molecule has 1 fully saturated rings. The van der Waals surface area contributed by atoms with E-state index in [2.05, 4.69) is 10.2 Å². The molecule has 0 aliphatic carbocycles. The van der Waals surface area contributed by atoms with Crippen LogP contribution < -0.4 is 5.32 Å². The Kier molecular flexibility index (Phi) is 3.47. The van der Waals surface area contributed by atoms with Crippen molar-refractivity contribution in [3.63, 3.8) is 0 Å². The third-order valence-electron chi connectivity index (χ3n) is 3.64. The van der Waals surface area contributed by atoms with E-state index in [1.54, 1.807) is 12.1 Å². The van der Waals surface area contributed by atoms with Crippen LogP contribution in [-0.4, -0.2) is 39.1 Å². The normalized spacial score (nSPS) is 24.0. The van der Waals surface area contributed by atoms with E-state index in [1.807, 2.05) is 30.3 Å². The molecule has 0 saturated carbocycles. The summed E-state index contributed by atoms with van der Waals surface area (Å²) in [6.07, 6.45) is -2.30. The molecule has 3 rings (SSSR count). The van der Waals surface area contributed by atoms with Crippen molar-refractivity contribution >= 4 is 34.4 Å². The lowest BCUT2D eigenvalue weighted by molar-refractivity contribution is -1.12. The number of hydroxylamine groups is 4. The largest absolute Gasteiger partial charge is 0.561 e. The highest BCUT2D eigenvalue weighted by atomic mass is 17.0. The van der Waals surface area contributed by atoms with Crippen molar-refractivity contribution in [1.29, 1.82) is 0 Å². The maximum absolute atomic E-state index is 12.2. The number of carboxylic acid groups (broad SMARTS) is 1. The summed E-state index contributed by atoms with van der Waals surface area (Å²) < 4.78 is 0. The van der Waals surface area contributed by atoms with Crippen molar-refractivity contribution in [3.8, 4) is 0 Å². The topological polar surface area (TPSA) is 113 Å². The van der Waals surface area contributed by atoms with Gasteiger partial charge in [-0.1, -0.05) is 36.4 Å². The number of benzene rings is 2. The maximum atomic E-state index is 12.2. The molecule has 3 N–H and O–H groups in total. The summed E-state index contributed by atoms with van der Waals surface area (Å²) in [5, 5.41) is 23.1. The Morgan fingerprint density at radius 2 is 1.87 bits per heavy atom. The summed E-state index contributed by atoms with van der Waals surface area (Å²) in [4.78, 5) is 36.4. The molecule has 0 radical (unpaired) electrons. The second-order valence-corrected chi connectivity index (χ2v) is 5.09. The van der Waals surface area contributed by atoms with Crippen LogP contribution in [0.3, 0.4) is 0 Å². The fourth-order valence-electron chi connectivity index (χ4n) is 2.58. The van der Waals surface area contributed by atoms with Gasteiger partial charge in [0.2, 0.25) is 0 Å². The number of rotatable bonds is 3. The second-order valence-electron chi connectivity index (χ2n) is 5.09. The predicted octanol–water partition coefficient (Wildman–Crippen LogP) is 1.89. The molecule has 2 amide bonds. The molecule has 0 aromatic heterocycles. The molecule has 1 aliphatic heterocycles. The van der Waals surface area contributed by atoms with Crippen LogP contribution in [0.25, 0.3) is 10.8 Å². The van der Waals surface area contributed by atoms with Gasteiger partial charge >= 0.3 is 18.0 Å². The molecule has 0 bridgehead atoms. The highest BCUT2D eigenvalue weighted by Crippen LogP contribution is 2.28. The van der Waals surface area contributed by atoms with E-state index in [4.69, 9.17) is 5.11 Å². The van der Waals surface area contributed by atoms with Gasteiger partial charge in [-0.05, 0) is 11.5 Å². The standard InChI is InChI=1S/C15H12N2O6/c18-13-8-12(14(19)17(13,22)23-15(20)21)16-11-7-3-5-9-4-1-2-6-10(9)11/h1-7,12,16,22H,8H2/p+1. The Hall–Kier alpha value is -2.97. The van der Waals surface area contributed by atoms with Crippen LogP contribution in [0, 0.1) is 0 Å². The molecule has 8 heteroatoms. The number of carbonyl (C=O) groups excluding carboxylic acids is 2. The molecular formula is C15H13N2O6+. The van der Waals surface area contributed by atoms with E-state index in [-0.39, 0.29) is 6.42 Å². The van der Waals surface area contributed by atoms with Crippen LogP contribution in [0.5, 0.6) is 0 Å². The van der Waals surface area contributed by atoms with Crippen molar-refractivity contribution in [3.05, 3.63) is 42.5 Å². The van der Waals surface area contributed by atoms with Crippen molar-refractivity contribution < 1.29 is 34.3 Å². The smallest absolute Gasteiger partial charge is 0.446 e. The Balaban J connectivity index is 1.90.